The minimum Gasteiger partial charge on any atom is -0.339 e. The van der Waals surface area contributed by atoms with Crippen molar-refractivity contribution in [1.82, 2.24) is 4.90 Å². The van der Waals surface area contributed by atoms with Gasteiger partial charge in [-0.2, -0.15) is 0 Å². The van der Waals surface area contributed by atoms with Gasteiger partial charge < -0.3 is 4.90 Å². The van der Waals surface area contributed by atoms with Gasteiger partial charge in [0.25, 0.3) is 0 Å². The summed E-state index contributed by atoms with van der Waals surface area (Å²) >= 11 is 0. The van der Waals surface area contributed by atoms with Crippen molar-refractivity contribution in [2.45, 2.75) is 38.6 Å². The third-order valence-electron chi connectivity index (χ3n) is 4.92. The highest BCUT2D eigenvalue weighted by atomic mass is 19.2. The smallest absolute Gasteiger partial charge is 0.227 e. The molecule has 1 aliphatic carbocycles. The van der Waals surface area contributed by atoms with E-state index in [1.807, 2.05) is 13.0 Å². The van der Waals surface area contributed by atoms with Crippen LogP contribution in [0.1, 0.15) is 41.6 Å². The molecular weight excluding hydrogens is 308 g/mol. The van der Waals surface area contributed by atoms with Gasteiger partial charge in [0.05, 0.1) is 12.5 Å². The second-order valence-corrected chi connectivity index (χ2v) is 6.49. The van der Waals surface area contributed by atoms with Gasteiger partial charge in [0.2, 0.25) is 5.91 Å². The Bertz CT molecular complexity index is 772. The van der Waals surface area contributed by atoms with Gasteiger partial charge in [-0.15, -0.1) is 0 Å². The monoisotopic (exact) mass is 329 g/mol. The number of aryl methyl sites for hydroxylation is 2. The summed E-state index contributed by atoms with van der Waals surface area (Å²) in [6.45, 7) is 1.81. The van der Waals surface area contributed by atoms with Crippen LogP contribution in [0.25, 0.3) is 0 Å². The van der Waals surface area contributed by atoms with Gasteiger partial charge in [0.1, 0.15) is 0 Å². The molecule has 2 nitrogen and oxygen atoms in total. The van der Waals surface area contributed by atoms with Crippen LogP contribution >= 0.6 is 0 Å². The minimum absolute atomic E-state index is 0.0369. The van der Waals surface area contributed by atoms with Crippen molar-refractivity contribution in [2.24, 2.45) is 0 Å². The zero-order valence-electron chi connectivity index (χ0n) is 14.0. The second-order valence-electron chi connectivity index (χ2n) is 6.49. The molecule has 24 heavy (non-hydrogen) atoms. The van der Waals surface area contributed by atoms with Crippen LogP contribution in [0.5, 0.6) is 0 Å². The van der Waals surface area contributed by atoms with Crippen molar-refractivity contribution in [1.29, 1.82) is 0 Å². The Hall–Kier alpha value is -2.23. The van der Waals surface area contributed by atoms with Gasteiger partial charge in [-0.25, -0.2) is 8.78 Å². The normalized spacial score (nSPS) is 14.3. The third-order valence-corrected chi connectivity index (χ3v) is 4.92. The van der Waals surface area contributed by atoms with Crippen LogP contribution in [0.4, 0.5) is 8.78 Å². The first kappa shape index (κ1) is 16.6. The Morgan fingerprint density at radius 3 is 2.58 bits per heavy atom. The summed E-state index contributed by atoms with van der Waals surface area (Å²) in [7, 11) is 1.70. The molecule has 1 unspecified atom stereocenters. The Kier molecular flexibility index (Phi) is 4.65. The first-order chi connectivity index (χ1) is 11.5. The lowest BCUT2D eigenvalue weighted by molar-refractivity contribution is -0.131. The molecule has 0 heterocycles. The molecule has 0 aliphatic heterocycles. The van der Waals surface area contributed by atoms with Gasteiger partial charge in [-0.3, -0.25) is 4.79 Å². The summed E-state index contributed by atoms with van der Waals surface area (Å²) in [6, 6.07) is 9.70. The number of hydrogen-bond acceptors (Lipinski definition) is 1. The van der Waals surface area contributed by atoms with Crippen LogP contribution in [0.3, 0.4) is 0 Å². The van der Waals surface area contributed by atoms with Gasteiger partial charge in [-0.1, -0.05) is 24.3 Å². The molecule has 3 rings (SSSR count). The van der Waals surface area contributed by atoms with Crippen LogP contribution in [0.15, 0.2) is 36.4 Å². The van der Waals surface area contributed by atoms with Gasteiger partial charge >= 0.3 is 0 Å². The lowest BCUT2D eigenvalue weighted by Gasteiger charge is -2.25. The van der Waals surface area contributed by atoms with Gasteiger partial charge in [-0.05, 0) is 60.6 Å². The number of nitrogens with zero attached hydrogens (tertiary/aromatic N) is 1. The third kappa shape index (κ3) is 3.32. The van der Waals surface area contributed by atoms with E-state index in [1.54, 1.807) is 11.9 Å². The number of carbonyl (C=O) groups is 1. The van der Waals surface area contributed by atoms with E-state index in [4.69, 9.17) is 0 Å². The van der Waals surface area contributed by atoms with Gasteiger partial charge in [0, 0.05) is 7.05 Å². The molecule has 0 saturated heterocycles. The lowest BCUT2D eigenvalue weighted by atomic mass is 10.0. The Labute approximate surface area is 141 Å². The van der Waals surface area contributed by atoms with Crippen molar-refractivity contribution in [2.75, 3.05) is 7.05 Å². The summed E-state index contributed by atoms with van der Waals surface area (Å²) in [5, 5.41) is 0. The second kappa shape index (κ2) is 6.71. The van der Waals surface area contributed by atoms with Crippen LogP contribution < -0.4 is 0 Å². The summed E-state index contributed by atoms with van der Waals surface area (Å²) < 4.78 is 26.5. The van der Waals surface area contributed by atoms with E-state index in [0.717, 1.165) is 30.5 Å². The highest BCUT2D eigenvalue weighted by Gasteiger charge is 2.20. The van der Waals surface area contributed by atoms with Crippen molar-refractivity contribution in [3.63, 3.8) is 0 Å². The Balaban J connectivity index is 1.70. The maximum Gasteiger partial charge on any atom is 0.227 e. The molecule has 0 aromatic heterocycles. The van der Waals surface area contributed by atoms with Crippen LogP contribution in [0.2, 0.25) is 0 Å². The highest BCUT2D eigenvalue weighted by Crippen LogP contribution is 2.25. The topological polar surface area (TPSA) is 20.3 Å². The maximum absolute atomic E-state index is 13.4. The zero-order chi connectivity index (χ0) is 17.3. The molecule has 0 spiro atoms. The molecule has 0 fully saturated rings. The number of amides is 1. The van der Waals surface area contributed by atoms with Gasteiger partial charge in [0.15, 0.2) is 11.6 Å². The molecule has 1 atom stereocenters. The van der Waals surface area contributed by atoms with Crippen molar-refractivity contribution < 1.29 is 13.6 Å². The number of halogens is 2. The summed E-state index contributed by atoms with van der Waals surface area (Å²) in [5.74, 6) is -1.80. The predicted molar refractivity (Wildman–Crippen MR) is 89.7 cm³/mol. The standard InChI is InChI=1S/C20H21F2NO/c1-13(16-8-9-18(21)19(22)12-16)23(2)20(24)11-14-6-7-15-4-3-5-17(15)10-14/h6-10,12-13H,3-5,11H2,1-2H3. The first-order valence-corrected chi connectivity index (χ1v) is 8.27. The van der Waals surface area contributed by atoms with Crippen LogP contribution in [-0.4, -0.2) is 17.9 Å². The van der Waals surface area contributed by atoms with E-state index in [1.165, 1.54) is 23.6 Å². The fraction of sp³-hybridized carbons (Fsp3) is 0.350. The quantitative estimate of drug-likeness (QED) is 0.822. The number of rotatable bonds is 4. The van der Waals surface area contributed by atoms with Crippen molar-refractivity contribution >= 4 is 5.91 Å². The van der Waals surface area contributed by atoms with E-state index < -0.39 is 11.6 Å². The Morgan fingerprint density at radius 2 is 1.83 bits per heavy atom. The minimum atomic E-state index is -0.890. The van der Waals surface area contributed by atoms with E-state index in [9.17, 15) is 13.6 Å². The number of hydrogen-bond donors (Lipinski definition) is 0. The average Bonchev–Trinajstić information content (AvgIpc) is 3.03. The van der Waals surface area contributed by atoms with Crippen LogP contribution in [-0.2, 0) is 24.1 Å². The predicted octanol–water partition coefficient (Wildman–Crippen LogP) is 4.22. The molecular formula is C20H21F2NO. The SMILES string of the molecule is CC(c1ccc(F)c(F)c1)N(C)C(=O)Cc1ccc2c(c1)CCC2. The highest BCUT2D eigenvalue weighted by molar-refractivity contribution is 5.79. The zero-order valence-corrected chi connectivity index (χ0v) is 14.0. The molecule has 2 aromatic carbocycles. The summed E-state index contributed by atoms with van der Waals surface area (Å²) in [6.07, 6.45) is 3.70. The fourth-order valence-electron chi connectivity index (χ4n) is 3.25. The first-order valence-electron chi connectivity index (χ1n) is 8.27. The lowest BCUT2D eigenvalue weighted by Crippen LogP contribution is -2.31. The number of carbonyl (C=O) groups excluding carboxylic acids is 1. The van der Waals surface area contributed by atoms with E-state index >= 15 is 0 Å². The average molecular weight is 329 g/mol. The van der Waals surface area contributed by atoms with Crippen molar-refractivity contribution in [3.05, 3.63) is 70.3 Å². The molecule has 1 amide bonds. The number of fused-ring (bicyclic) bond motifs is 1. The van der Waals surface area contributed by atoms with Crippen LogP contribution in [0, 0.1) is 11.6 Å². The molecule has 2 aromatic rings. The summed E-state index contributed by atoms with van der Waals surface area (Å²) in [4.78, 5) is 14.1. The molecule has 0 bridgehead atoms. The largest absolute Gasteiger partial charge is 0.339 e. The van der Waals surface area contributed by atoms with Crippen molar-refractivity contribution in [3.8, 4) is 0 Å². The number of likely N-dealkylation sites (N-methyl/N-ethyl adjacent to an activating group) is 1. The molecule has 4 heteroatoms. The molecule has 126 valence electrons. The molecule has 0 saturated carbocycles. The fourth-order valence-corrected chi connectivity index (χ4v) is 3.25. The number of benzene rings is 2. The Morgan fingerprint density at radius 1 is 1.08 bits per heavy atom. The molecule has 1 aliphatic rings. The molecule has 0 N–H and O–H groups in total. The molecule has 0 radical (unpaired) electrons. The van der Waals surface area contributed by atoms with E-state index in [2.05, 4.69) is 12.1 Å². The van der Waals surface area contributed by atoms with E-state index in [0.29, 0.717) is 12.0 Å². The maximum atomic E-state index is 13.4. The van der Waals surface area contributed by atoms with E-state index in [-0.39, 0.29) is 11.9 Å². The summed E-state index contributed by atoms with van der Waals surface area (Å²) in [5.41, 5.74) is 4.31.